The Labute approximate surface area is 70.2 Å². The van der Waals surface area contributed by atoms with Crippen LogP contribution in [0.5, 0.6) is 0 Å². The van der Waals surface area contributed by atoms with E-state index in [0.29, 0.717) is 12.3 Å². The van der Waals surface area contributed by atoms with E-state index in [2.05, 4.69) is 4.98 Å². The van der Waals surface area contributed by atoms with Gasteiger partial charge in [-0.15, -0.1) is 0 Å². The molecule has 6 heteroatoms. The summed E-state index contributed by atoms with van der Waals surface area (Å²) in [6.45, 7) is 0. The molecule has 0 aliphatic carbocycles. The molecule has 70 valence electrons. The van der Waals surface area contributed by atoms with Gasteiger partial charge in [-0.2, -0.15) is 17.6 Å². The van der Waals surface area contributed by atoms with E-state index < -0.39 is 23.3 Å². The van der Waals surface area contributed by atoms with E-state index >= 15 is 0 Å². The van der Waals surface area contributed by atoms with Gasteiger partial charge in [0.2, 0.25) is 5.95 Å². The molecular formula is C7H3F4NO. The molecule has 0 fully saturated rings. The van der Waals surface area contributed by atoms with Crippen molar-refractivity contribution < 1.29 is 22.4 Å². The van der Waals surface area contributed by atoms with Crippen molar-refractivity contribution in [3.8, 4) is 0 Å². The Hall–Kier alpha value is -1.46. The van der Waals surface area contributed by atoms with Gasteiger partial charge >= 0.3 is 6.18 Å². The van der Waals surface area contributed by atoms with Crippen molar-refractivity contribution in [3.63, 3.8) is 0 Å². The third-order valence-corrected chi connectivity index (χ3v) is 1.33. The average molecular weight is 193 g/mol. The lowest BCUT2D eigenvalue weighted by Gasteiger charge is -2.07. The molecule has 0 aliphatic heterocycles. The summed E-state index contributed by atoms with van der Waals surface area (Å²) in [5.74, 6) is -1.12. The van der Waals surface area contributed by atoms with Crippen molar-refractivity contribution in [1.82, 2.24) is 4.98 Å². The van der Waals surface area contributed by atoms with E-state index in [0.717, 1.165) is 0 Å². The summed E-state index contributed by atoms with van der Waals surface area (Å²) in [6.07, 6.45) is -4.45. The van der Waals surface area contributed by atoms with Crippen molar-refractivity contribution in [3.05, 3.63) is 29.3 Å². The number of carbonyl (C=O) groups is 1. The molecule has 2 nitrogen and oxygen atoms in total. The minimum atomic E-state index is -4.68. The van der Waals surface area contributed by atoms with Gasteiger partial charge in [0.05, 0.1) is 5.56 Å². The predicted molar refractivity (Wildman–Crippen MR) is 34.6 cm³/mol. The van der Waals surface area contributed by atoms with E-state index in [4.69, 9.17) is 0 Å². The van der Waals surface area contributed by atoms with Crippen LogP contribution in [0.1, 0.15) is 15.9 Å². The maximum atomic E-state index is 12.3. The molecule has 0 aliphatic rings. The molecule has 0 aromatic carbocycles. The highest BCUT2D eigenvalue weighted by Gasteiger charge is 2.33. The van der Waals surface area contributed by atoms with Crippen LogP contribution < -0.4 is 0 Å². The van der Waals surface area contributed by atoms with E-state index in [1.54, 1.807) is 0 Å². The highest BCUT2D eigenvalue weighted by molar-refractivity contribution is 5.77. The lowest BCUT2D eigenvalue weighted by atomic mass is 10.1. The molecule has 1 aromatic rings. The van der Waals surface area contributed by atoms with E-state index in [1.807, 2.05) is 0 Å². The van der Waals surface area contributed by atoms with Gasteiger partial charge in [0.1, 0.15) is 0 Å². The summed E-state index contributed by atoms with van der Waals surface area (Å²) in [7, 11) is 0. The number of rotatable bonds is 1. The molecule has 0 amide bonds. The minimum absolute atomic E-state index is 0.0619. The van der Waals surface area contributed by atoms with Crippen LogP contribution >= 0.6 is 0 Å². The molecule has 0 N–H and O–H groups in total. The van der Waals surface area contributed by atoms with Crippen LogP contribution in [0.2, 0.25) is 0 Å². The first kappa shape index (κ1) is 9.63. The molecule has 0 spiro atoms. The van der Waals surface area contributed by atoms with Crippen molar-refractivity contribution in [2.45, 2.75) is 6.18 Å². The molecule has 1 heterocycles. The fraction of sp³-hybridized carbons (Fsp3) is 0.143. The largest absolute Gasteiger partial charge is 0.418 e. The SMILES string of the molecule is O=Cc1cc(F)ncc1C(F)(F)F. The molecule has 13 heavy (non-hydrogen) atoms. The van der Waals surface area contributed by atoms with Gasteiger partial charge in [-0.05, 0) is 0 Å². The van der Waals surface area contributed by atoms with Crippen LogP contribution in [0.15, 0.2) is 12.3 Å². The summed E-state index contributed by atoms with van der Waals surface area (Å²) < 4.78 is 48.4. The number of carbonyl (C=O) groups excluding carboxylic acids is 1. The summed E-state index contributed by atoms with van der Waals surface area (Å²) in [5, 5.41) is 0. The molecule has 0 unspecified atom stereocenters. The highest BCUT2D eigenvalue weighted by Crippen LogP contribution is 2.30. The second kappa shape index (κ2) is 3.12. The Morgan fingerprint density at radius 2 is 2.00 bits per heavy atom. The van der Waals surface area contributed by atoms with Crippen molar-refractivity contribution in [2.75, 3.05) is 0 Å². The lowest BCUT2D eigenvalue weighted by molar-refractivity contribution is -0.138. The summed E-state index contributed by atoms with van der Waals surface area (Å²) >= 11 is 0. The van der Waals surface area contributed by atoms with Gasteiger partial charge in [-0.25, -0.2) is 4.98 Å². The maximum absolute atomic E-state index is 12.3. The number of halogens is 4. The Bertz CT molecular complexity index is 334. The number of aldehydes is 1. The van der Waals surface area contributed by atoms with Crippen LogP contribution in [-0.4, -0.2) is 11.3 Å². The second-order valence-corrected chi connectivity index (χ2v) is 2.21. The van der Waals surface area contributed by atoms with Crippen molar-refractivity contribution in [1.29, 1.82) is 0 Å². The topological polar surface area (TPSA) is 30.0 Å². The molecule has 1 aromatic heterocycles. The third-order valence-electron chi connectivity index (χ3n) is 1.33. The molecule has 0 atom stereocenters. The zero-order chi connectivity index (χ0) is 10.1. The number of pyridine rings is 1. The van der Waals surface area contributed by atoms with Crippen LogP contribution in [0.4, 0.5) is 17.6 Å². The molecule has 0 saturated heterocycles. The van der Waals surface area contributed by atoms with Gasteiger partial charge in [0.25, 0.3) is 0 Å². The number of nitrogens with zero attached hydrogens (tertiary/aromatic N) is 1. The fourth-order valence-electron chi connectivity index (χ4n) is 0.778. The van der Waals surface area contributed by atoms with E-state index in [1.165, 1.54) is 0 Å². The highest BCUT2D eigenvalue weighted by atomic mass is 19.4. The van der Waals surface area contributed by atoms with Crippen LogP contribution in [-0.2, 0) is 6.18 Å². The third kappa shape index (κ3) is 2.01. The minimum Gasteiger partial charge on any atom is -0.298 e. The number of aromatic nitrogens is 1. The summed E-state index contributed by atoms with van der Waals surface area (Å²) in [5.41, 5.74) is -1.98. The Kier molecular flexibility index (Phi) is 2.31. The van der Waals surface area contributed by atoms with Crippen LogP contribution in [0.3, 0.4) is 0 Å². The second-order valence-electron chi connectivity index (χ2n) is 2.21. The smallest absolute Gasteiger partial charge is 0.298 e. The van der Waals surface area contributed by atoms with E-state index in [-0.39, 0.29) is 6.29 Å². The van der Waals surface area contributed by atoms with Gasteiger partial charge in [-0.1, -0.05) is 0 Å². The Balaban J connectivity index is 3.29. The predicted octanol–water partition coefficient (Wildman–Crippen LogP) is 2.05. The normalized spacial score (nSPS) is 11.4. The standard InChI is InChI=1S/C7H3F4NO/c8-6-1-4(3-13)5(2-12-6)7(9,10)11/h1-3H. The average Bonchev–Trinajstić information content (AvgIpc) is 2.01. The maximum Gasteiger partial charge on any atom is 0.418 e. The quantitative estimate of drug-likeness (QED) is 0.388. The molecule has 0 saturated carbocycles. The zero-order valence-corrected chi connectivity index (χ0v) is 6.10. The first-order valence-electron chi connectivity index (χ1n) is 3.13. The lowest BCUT2D eigenvalue weighted by Crippen LogP contribution is -2.10. The molecular weight excluding hydrogens is 190 g/mol. The summed E-state index contributed by atoms with van der Waals surface area (Å²) in [6, 6.07) is 0.440. The van der Waals surface area contributed by atoms with Crippen molar-refractivity contribution >= 4 is 6.29 Å². The van der Waals surface area contributed by atoms with Gasteiger partial charge in [-0.3, -0.25) is 4.79 Å². The van der Waals surface area contributed by atoms with Gasteiger partial charge < -0.3 is 0 Å². The van der Waals surface area contributed by atoms with E-state index in [9.17, 15) is 22.4 Å². The molecule has 0 radical (unpaired) electrons. The molecule has 1 rings (SSSR count). The number of alkyl halides is 3. The first-order valence-corrected chi connectivity index (χ1v) is 3.13. The molecule has 0 bridgehead atoms. The number of hydrogen-bond donors (Lipinski definition) is 0. The van der Waals surface area contributed by atoms with Gasteiger partial charge in [0, 0.05) is 17.8 Å². The zero-order valence-electron chi connectivity index (χ0n) is 6.10. The van der Waals surface area contributed by atoms with Crippen LogP contribution in [0.25, 0.3) is 0 Å². The first-order chi connectivity index (χ1) is 5.95. The Morgan fingerprint density at radius 3 is 2.46 bits per heavy atom. The monoisotopic (exact) mass is 193 g/mol. The Morgan fingerprint density at radius 1 is 1.38 bits per heavy atom. The van der Waals surface area contributed by atoms with Crippen LogP contribution in [0, 0.1) is 5.95 Å². The fourth-order valence-corrected chi connectivity index (χ4v) is 0.778. The van der Waals surface area contributed by atoms with Crippen molar-refractivity contribution in [2.24, 2.45) is 0 Å². The summed E-state index contributed by atoms with van der Waals surface area (Å²) in [4.78, 5) is 12.9. The number of hydrogen-bond acceptors (Lipinski definition) is 2. The van der Waals surface area contributed by atoms with Gasteiger partial charge in [0.15, 0.2) is 6.29 Å².